The van der Waals surface area contributed by atoms with Crippen LogP contribution in [-0.2, 0) is 4.79 Å². The molecule has 0 fully saturated rings. The van der Waals surface area contributed by atoms with Crippen molar-refractivity contribution in [2.45, 2.75) is 302 Å². The first-order valence-electron chi connectivity index (χ1n) is 24.8. The molecule has 0 saturated carbocycles. The van der Waals surface area contributed by atoms with E-state index in [1.165, 1.54) is 225 Å². The molecular weight excluding hydrogens is 667 g/mol. The molecule has 0 saturated heterocycles. The van der Waals surface area contributed by atoms with E-state index in [0.29, 0.717) is 12.8 Å². The van der Waals surface area contributed by atoms with E-state index >= 15 is 0 Å². The van der Waals surface area contributed by atoms with Crippen LogP contribution in [0.1, 0.15) is 284 Å². The zero-order valence-electron chi connectivity index (χ0n) is 36.9. The fourth-order valence-corrected chi connectivity index (χ4v) is 8.11. The second-order valence-corrected chi connectivity index (χ2v) is 17.4. The maximum Gasteiger partial charge on any atom is 0.222 e. The van der Waals surface area contributed by atoms with Gasteiger partial charge in [0.25, 0.3) is 0 Å². The lowest BCUT2D eigenvalue weighted by molar-refractivity contribution is -0.125. The van der Waals surface area contributed by atoms with Crippen LogP contribution in [-0.4, -0.2) is 46.1 Å². The molecule has 0 aromatic heterocycles. The van der Waals surface area contributed by atoms with Crippen molar-refractivity contribution in [3.63, 3.8) is 0 Å². The van der Waals surface area contributed by atoms with Crippen LogP contribution < -0.4 is 5.32 Å². The van der Waals surface area contributed by atoms with Gasteiger partial charge < -0.3 is 20.6 Å². The Labute approximate surface area is 338 Å². The molecule has 0 aromatic rings. The monoisotopic (exact) mass is 766 g/mol. The Balaban J connectivity index is 3.45. The number of rotatable bonds is 46. The Kier molecular flexibility index (Phi) is 44.5. The fourth-order valence-electron chi connectivity index (χ4n) is 8.11. The first-order valence-corrected chi connectivity index (χ1v) is 24.8. The Morgan fingerprint density at radius 3 is 0.889 bits per heavy atom. The van der Waals surface area contributed by atoms with Crippen LogP contribution in [0.2, 0.25) is 0 Å². The quantitative estimate of drug-likeness (QED) is 0.0465. The molecule has 0 aliphatic carbocycles. The lowest BCUT2D eigenvalue weighted by Gasteiger charge is -2.23. The highest BCUT2D eigenvalue weighted by molar-refractivity contribution is 5.76. The number of carbonyl (C=O) groups excluding carboxylic acids is 1. The molecule has 0 radical (unpaired) electrons. The molecule has 54 heavy (non-hydrogen) atoms. The summed E-state index contributed by atoms with van der Waals surface area (Å²) in [5, 5.41) is 33.4. The molecule has 5 heteroatoms. The van der Waals surface area contributed by atoms with E-state index in [9.17, 15) is 20.1 Å². The SMILES string of the molecule is CCCCCCCCCCCCCCCCCCCCCCCCCCCCCCC(O)CC(=O)NC(CO)C(O)CCCCCCCCCCCCC. The van der Waals surface area contributed by atoms with E-state index in [1.807, 2.05) is 0 Å². The molecule has 0 heterocycles. The van der Waals surface area contributed by atoms with Gasteiger partial charge in [0, 0.05) is 0 Å². The molecule has 5 nitrogen and oxygen atoms in total. The number of aliphatic hydroxyl groups excluding tert-OH is 3. The summed E-state index contributed by atoms with van der Waals surface area (Å²) < 4.78 is 0. The van der Waals surface area contributed by atoms with E-state index in [2.05, 4.69) is 19.2 Å². The molecule has 4 N–H and O–H groups in total. The zero-order chi connectivity index (χ0) is 39.4. The van der Waals surface area contributed by atoms with Crippen molar-refractivity contribution in [3.05, 3.63) is 0 Å². The standard InChI is InChI=1S/C49H99NO4/c1-3-5-7-9-11-13-15-16-17-18-19-20-21-22-23-24-25-26-27-28-29-30-31-33-34-36-38-40-42-46(52)44-49(54)50-47(45-51)48(53)43-41-39-37-35-32-14-12-10-8-6-4-2/h46-48,51-53H,3-45H2,1-2H3,(H,50,54). The molecular formula is C49H99NO4. The first-order chi connectivity index (χ1) is 26.5. The number of aliphatic hydroxyl groups is 3. The molecule has 0 spiro atoms. The lowest BCUT2D eigenvalue weighted by atomic mass is 10.0. The van der Waals surface area contributed by atoms with Crippen LogP contribution in [0.25, 0.3) is 0 Å². The van der Waals surface area contributed by atoms with Crippen molar-refractivity contribution in [2.75, 3.05) is 6.61 Å². The van der Waals surface area contributed by atoms with E-state index < -0.39 is 18.2 Å². The zero-order valence-corrected chi connectivity index (χ0v) is 36.9. The Bertz CT molecular complexity index is 718. The summed E-state index contributed by atoms with van der Waals surface area (Å²) in [4.78, 5) is 12.5. The summed E-state index contributed by atoms with van der Waals surface area (Å²) in [7, 11) is 0. The highest BCUT2D eigenvalue weighted by Gasteiger charge is 2.21. The van der Waals surface area contributed by atoms with Gasteiger partial charge in [-0.15, -0.1) is 0 Å². The molecule has 0 rings (SSSR count). The van der Waals surface area contributed by atoms with E-state index in [1.54, 1.807) is 0 Å². The first kappa shape index (κ1) is 53.4. The summed E-state index contributed by atoms with van der Waals surface area (Å²) in [6, 6.07) is -0.652. The second kappa shape index (κ2) is 45.1. The Hall–Kier alpha value is -0.650. The average Bonchev–Trinajstić information content (AvgIpc) is 3.16. The van der Waals surface area contributed by atoms with Gasteiger partial charge in [0.05, 0.1) is 31.3 Å². The third-order valence-corrected chi connectivity index (χ3v) is 11.9. The summed E-state index contributed by atoms with van der Waals surface area (Å²) in [6.07, 6.45) is 52.5. The Morgan fingerprint density at radius 1 is 0.389 bits per heavy atom. The largest absolute Gasteiger partial charge is 0.394 e. The highest BCUT2D eigenvalue weighted by Crippen LogP contribution is 2.18. The summed E-state index contributed by atoms with van der Waals surface area (Å²) >= 11 is 0. The second-order valence-electron chi connectivity index (χ2n) is 17.4. The molecule has 0 aliphatic heterocycles. The fraction of sp³-hybridized carbons (Fsp3) is 0.980. The van der Waals surface area contributed by atoms with Gasteiger partial charge in [-0.3, -0.25) is 4.79 Å². The number of hydrogen-bond acceptors (Lipinski definition) is 4. The minimum atomic E-state index is -0.743. The van der Waals surface area contributed by atoms with Crippen LogP contribution in [0.3, 0.4) is 0 Å². The van der Waals surface area contributed by atoms with Gasteiger partial charge in [-0.25, -0.2) is 0 Å². The number of amides is 1. The predicted molar refractivity (Wildman–Crippen MR) is 236 cm³/mol. The van der Waals surface area contributed by atoms with Gasteiger partial charge in [0.15, 0.2) is 0 Å². The normalized spacial score (nSPS) is 13.4. The van der Waals surface area contributed by atoms with Crippen LogP contribution >= 0.6 is 0 Å². The van der Waals surface area contributed by atoms with Gasteiger partial charge in [-0.05, 0) is 12.8 Å². The summed E-state index contributed by atoms with van der Waals surface area (Å²) in [5.74, 6) is -0.278. The molecule has 324 valence electrons. The van der Waals surface area contributed by atoms with Gasteiger partial charge >= 0.3 is 0 Å². The molecule has 1 amide bonds. The number of carbonyl (C=O) groups is 1. The third kappa shape index (κ3) is 41.0. The lowest BCUT2D eigenvalue weighted by Crippen LogP contribution is -2.46. The highest BCUT2D eigenvalue weighted by atomic mass is 16.3. The number of nitrogens with one attached hydrogen (secondary N) is 1. The number of hydrogen-bond donors (Lipinski definition) is 4. The van der Waals surface area contributed by atoms with Gasteiger partial charge in [0.1, 0.15) is 0 Å². The third-order valence-electron chi connectivity index (χ3n) is 11.9. The molecule has 0 aromatic carbocycles. The van der Waals surface area contributed by atoms with Gasteiger partial charge in [-0.2, -0.15) is 0 Å². The Morgan fingerprint density at radius 2 is 0.630 bits per heavy atom. The topological polar surface area (TPSA) is 89.8 Å². The van der Waals surface area contributed by atoms with E-state index in [0.717, 1.165) is 25.7 Å². The van der Waals surface area contributed by atoms with Crippen LogP contribution in [0, 0.1) is 0 Å². The number of unbranched alkanes of at least 4 members (excludes halogenated alkanes) is 37. The van der Waals surface area contributed by atoms with Crippen LogP contribution in [0.5, 0.6) is 0 Å². The molecule has 0 bridgehead atoms. The van der Waals surface area contributed by atoms with Crippen molar-refractivity contribution < 1.29 is 20.1 Å². The van der Waals surface area contributed by atoms with Crippen molar-refractivity contribution in [1.29, 1.82) is 0 Å². The van der Waals surface area contributed by atoms with Crippen molar-refractivity contribution in [1.82, 2.24) is 5.32 Å². The van der Waals surface area contributed by atoms with Crippen molar-refractivity contribution >= 4 is 5.91 Å². The smallest absolute Gasteiger partial charge is 0.222 e. The maximum absolute atomic E-state index is 12.5. The average molecular weight is 766 g/mol. The molecule has 0 aliphatic rings. The van der Waals surface area contributed by atoms with Gasteiger partial charge in [-0.1, -0.05) is 264 Å². The summed E-state index contributed by atoms with van der Waals surface area (Å²) in [5.41, 5.74) is 0. The minimum absolute atomic E-state index is 0.0428. The minimum Gasteiger partial charge on any atom is -0.394 e. The molecule has 3 unspecified atom stereocenters. The van der Waals surface area contributed by atoms with Crippen LogP contribution in [0.4, 0.5) is 0 Å². The maximum atomic E-state index is 12.5. The van der Waals surface area contributed by atoms with Crippen molar-refractivity contribution in [2.24, 2.45) is 0 Å². The predicted octanol–water partition coefficient (Wildman–Crippen LogP) is 14.6. The van der Waals surface area contributed by atoms with E-state index in [4.69, 9.17) is 0 Å². The van der Waals surface area contributed by atoms with Gasteiger partial charge in [0.2, 0.25) is 5.91 Å². The summed E-state index contributed by atoms with van der Waals surface area (Å²) in [6.45, 7) is 4.28. The van der Waals surface area contributed by atoms with E-state index in [-0.39, 0.29) is 18.9 Å². The molecule has 3 atom stereocenters. The van der Waals surface area contributed by atoms with Crippen LogP contribution in [0.15, 0.2) is 0 Å². The van der Waals surface area contributed by atoms with Crippen molar-refractivity contribution in [3.8, 4) is 0 Å².